The Labute approximate surface area is 117 Å². The molecule has 1 aliphatic rings. The summed E-state index contributed by atoms with van der Waals surface area (Å²) in [6.45, 7) is 4.32. The minimum absolute atomic E-state index is 0.0457. The van der Waals surface area contributed by atoms with Crippen LogP contribution in [0, 0.1) is 0 Å². The van der Waals surface area contributed by atoms with E-state index in [1.165, 1.54) is 18.2 Å². The molecule has 5 nitrogen and oxygen atoms in total. The number of rotatable bonds is 7. The lowest BCUT2D eigenvalue weighted by Gasteiger charge is -2.43. The van der Waals surface area contributed by atoms with Crippen LogP contribution in [0.15, 0.2) is 5.16 Å². The van der Waals surface area contributed by atoms with Crippen LogP contribution in [0.25, 0.3) is 0 Å². The number of aryl methyl sites for hydroxylation is 1. The fourth-order valence-corrected chi connectivity index (χ4v) is 3.48. The molecule has 0 bridgehead atoms. The molecule has 19 heavy (non-hydrogen) atoms. The van der Waals surface area contributed by atoms with Gasteiger partial charge in [0.05, 0.1) is 5.75 Å². The monoisotopic (exact) mass is 283 g/mol. The van der Waals surface area contributed by atoms with Gasteiger partial charge in [-0.25, -0.2) is 0 Å². The van der Waals surface area contributed by atoms with Crippen molar-refractivity contribution in [2.24, 2.45) is 0 Å². The molecule has 1 aromatic rings. The number of carboxylic acid groups (broad SMARTS) is 1. The molecule has 1 N–H and O–H groups in total. The molecule has 0 amide bonds. The van der Waals surface area contributed by atoms with E-state index in [1.54, 1.807) is 0 Å². The van der Waals surface area contributed by atoms with Crippen molar-refractivity contribution in [3.63, 3.8) is 0 Å². The molecule has 0 aliphatic heterocycles. The standard InChI is InChI=1S/C13H21N3O2S/c1-3-6-10-14-15-12(19-9-11(17)18)16(10)13(4-2)7-5-8-13/h3-9H2,1-2H3,(H,17,18). The number of thioether (sulfide) groups is 1. The second kappa shape index (κ2) is 5.94. The predicted molar refractivity (Wildman–Crippen MR) is 74.5 cm³/mol. The molecule has 1 fully saturated rings. The van der Waals surface area contributed by atoms with Gasteiger partial charge in [0.25, 0.3) is 0 Å². The fraction of sp³-hybridized carbons (Fsp3) is 0.769. The molecule has 0 radical (unpaired) electrons. The molecule has 0 atom stereocenters. The van der Waals surface area contributed by atoms with Gasteiger partial charge in [0.1, 0.15) is 5.82 Å². The Balaban J connectivity index is 2.30. The third-order valence-electron chi connectivity index (χ3n) is 3.92. The van der Waals surface area contributed by atoms with Gasteiger partial charge in [-0.15, -0.1) is 10.2 Å². The van der Waals surface area contributed by atoms with E-state index in [0.717, 1.165) is 43.1 Å². The van der Waals surface area contributed by atoms with Gasteiger partial charge in [0.15, 0.2) is 5.16 Å². The molecule has 0 spiro atoms. The third-order valence-corrected chi connectivity index (χ3v) is 4.83. The number of carboxylic acids is 1. The zero-order valence-electron chi connectivity index (χ0n) is 11.6. The Morgan fingerprint density at radius 3 is 2.63 bits per heavy atom. The molecule has 0 saturated heterocycles. The number of hydrogen-bond donors (Lipinski definition) is 1. The summed E-state index contributed by atoms with van der Waals surface area (Å²) in [6, 6.07) is 0. The summed E-state index contributed by atoms with van der Waals surface area (Å²) in [6.07, 6.45) is 6.53. The van der Waals surface area contributed by atoms with Crippen molar-refractivity contribution >= 4 is 17.7 Å². The molecule has 0 unspecified atom stereocenters. The zero-order valence-corrected chi connectivity index (χ0v) is 12.4. The highest BCUT2D eigenvalue weighted by molar-refractivity contribution is 7.99. The quantitative estimate of drug-likeness (QED) is 0.779. The van der Waals surface area contributed by atoms with Crippen LogP contribution in [-0.4, -0.2) is 31.6 Å². The summed E-state index contributed by atoms with van der Waals surface area (Å²) in [5, 5.41) is 18.1. The number of aromatic nitrogens is 3. The summed E-state index contributed by atoms with van der Waals surface area (Å²) in [5.74, 6) is 0.247. The van der Waals surface area contributed by atoms with E-state index in [0.29, 0.717) is 0 Å². The van der Waals surface area contributed by atoms with Gasteiger partial charge in [0.2, 0.25) is 0 Å². The van der Waals surface area contributed by atoms with Crippen LogP contribution in [-0.2, 0) is 16.8 Å². The highest BCUT2D eigenvalue weighted by Crippen LogP contribution is 2.44. The summed E-state index contributed by atoms with van der Waals surface area (Å²) in [5.41, 5.74) is 0.134. The Hall–Kier alpha value is -1.04. The van der Waals surface area contributed by atoms with E-state index in [-0.39, 0.29) is 11.3 Å². The molecule has 1 saturated carbocycles. The first kappa shape index (κ1) is 14.4. The molecular formula is C13H21N3O2S. The molecule has 6 heteroatoms. The first-order chi connectivity index (χ1) is 9.13. The second-order valence-corrected chi connectivity index (χ2v) is 6.04. The molecule has 1 aliphatic carbocycles. The fourth-order valence-electron chi connectivity index (χ4n) is 2.70. The van der Waals surface area contributed by atoms with Gasteiger partial charge in [-0.3, -0.25) is 9.36 Å². The van der Waals surface area contributed by atoms with Crippen molar-refractivity contribution in [1.29, 1.82) is 0 Å². The zero-order chi connectivity index (χ0) is 13.9. The van der Waals surface area contributed by atoms with Crippen molar-refractivity contribution in [2.75, 3.05) is 5.75 Å². The van der Waals surface area contributed by atoms with E-state index >= 15 is 0 Å². The molecular weight excluding hydrogens is 262 g/mol. The van der Waals surface area contributed by atoms with E-state index in [9.17, 15) is 4.79 Å². The Morgan fingerprint density at radius 1 is 1.42 bits per heavy atom. The maximum atomic E-state index is 10.7. The molecule has 0 aromatic carbocycles. The topological polar surface area (TPSA) is 68.0 Å². The largest absolute Gasteiger partial charge is 0.481 e. The SMILES string of the molecule is CCCc1nnc(SCC(=O)O)n1C1(CC)CCC1. The van der Waals surface area contributed by atoms with Gasteiger partial charge in [-0.1, -0.05) is 25.6 Å². The molecule has 1 aromatic heterocycles. The number of nitrogens with zero attached hydrogens (tertiary/aromatic N) is 3. The third kappa shape index (κ3) is 2.78. The summed E-state index contributed by atoms with van der Waals surface area (Å²) in [7, 11) is 0. The summed E-state index contributed by atoms with van der Waals surface area (Å²) >= 11 is 1.28. The highest BCUT2D eigenvalue weighted by Gasteiger charge is 2.40. The van der Waals surface area contributed by atoms with E-state index in [1.807, 2.05) is 0 Å². The lowest BCUT2D eigenvalue weighted by molar-refractivity contribution is -0.133. The van der Waals surface area contributed by atoms with Crippen LogP contribution in [0.1, 0.15) is 51.8 Å². The smallest absolute Gasteiger partial charge is 0.313 e. The Morgan fingerprint density at radius 2 is 2.16 bits per heavy atom. The number of hydrogen-bond acceptors (Lipinski definition) is 4. The van der Waals surface area contributed by atoms with Crippen molar-refractivity contribution in [3.8, 4) is 0 Å². The van der Waals surface area contributed by atoms with Gasteiger partial charge >= 0.3 is 5.97 Å². The Kier molecular flexibility index (Phi) is 4.50. The van der Waals surface area contributed by atoms with Crippen LogP contribution in [0.5, 0.6) is 0 Å². The van der Waals surface area contributed by atoms with Crippen LogP contribution in [0.2, 0.25) is 0 Å². The Bertz CT molecular complexity index is 449. The molecule has 1 heterocycles. The van der Waals surface area contributed by atoms with Gasteiger partial charge in [0, 0.05) is 12.0 Å². The van der Waals surface area contributed by atoms with Crippen LogP contribution >= 0.6 is 11.8 Å². The normalized spacial score (nSPS) is 17.2. The average molecular weight is 283 g/mol. The van der Waals surface area contributed by atoms with E-state index in [4.69, 9.17) is 5.11 Å². The second-order valence-electron chi connectivity index (χ2n) is 5.10. The summed E-state index contributed by atoms with van der Waals surface area (Å²) < 4.78 is 2.23. The minimum atomic E-state index is -0.809. The maximum absolute atomic E-state index is 10.7. The number of aliphatic carboxylic acids is 1. The van der Waals surface area contributed by atoms with Crippen LogP contribution in [0.3, 0.4) is 0 Å². The van der Waals surface area contributed by atoms with Gasteiger partial charge < -0.3 is 5.11 Å². The van der Waals surface area contributed by atoms with E-state index < -0.39 is 5.97 Å². The first-order valence-corrected chi connectivity index (χ1v) is 7.91. The first-order valence-electron chi connectivity index (χ1n) is 6.92. The maximum Gasteiger partial charge on any atom is 0.313 e. The predicted octanol–water partition coefficient (Wildman–Crippen LogP) is 2.70. The lowest BCUT2D eigenvalue weighted by atomic mass is 9.74. The van der Waals surface area contributed by atoms with Crippen molar-refractivity contribution < 1.29 is 9.90 Å². The average Bonchev–Trinajstić information content (AvgIpc) is 2.71. The number of carbonyl (C=O) groups is 1. The summed E-state index contributed by atoms with van der Waals surface area (Å²) in [4.78, 5) is 10.7. The lowest BCUT2D eigenvalue weighted by Crippen LogP contribution is -2.41. The van der Waals surface area contributed by atoms with Gasteiger partial charge in [-0.2, -0.15) is 0 Å². The van der Waals surface area contributed by atoms with Crippen molar-refractivity contribution in [1.82, 2.24) is 14.8 Å². The van der Waals surface area contributed by atoms with Gasteiger partial charge in [-0.05, 0) is 32.1 Å². The molecule has 2 rings (SSSR count). The van der Waals surface area contributed by atoms with Crippen molar-refractivity contribution in [2.45, 2.75) is 63.1 Å². The van der Waals surface area contributed by atoms with Crippen LogP contribution in [0.4, 0.5) is 0 Å². The molecule has 106 valence electrons. The minimum Gasteiger partial charge on any atom is -0.481 e. The van der Waals surface area contributed by atoms with Crippen molar-refractivity contribution in [3.05, 3.63) is 5.82 Å². The van der Waals surface area contributed by atoms with E-state index in [2.05, 4.69) is 28.6 Å². The highest BCUT2D eigenvalue weighted by atomic mass is 32.2. The van der Waals surface area contributed by atoms with Crippen LogP contribution < -0.4 is 0 Å².